The topological polar surface area (TPSA) is 244 Å². The average molecular weight is 486 g/mol. The van der Waals surface area contributed by atoms with E-state index in [1.165, 1.54) is 4.90 Å². The summed E-state index contributed by atoms with van der Waals surface area (Å²) in [4.78, 5) is 66.0. The number of nitrogens with two attached hydrogens (primary N) is 3. The van der Waals surface area contributed by atoms with Crippen LogP contribution < -0.4 is 27.8 Å². The van der Waals surface area contributed by atoms with Crippen LogP contribution in [0.2, 0.25) is 0 Å². The summed E-state index contributed by atoms with van der Waals surface area (Å²) in [5.74, 6) is -5.10. The fourth-order valence-electron chi connectivity index (χ4n) is 3.46. The number of hydrogen-bond donors (Lipinski definition) is 7. The number of carboxylic acids is 2. The minimum Gasteiger partial charge on any atom is -0.481 e. The molecule has 1 heterocycles. The lowest BCUT2D eigenvalue weighted by Gasteiger charge is -2.29. The number of carboxylic acid groups (broad SMARTS) is 2. The Hall–Kier alpha value is -3.42. The molecule has 4 atom stereocenters. The lowest BCUT2D eigenvalue weighted by molar-refractivity contribution is -0.145. The van der Waals surface area contributed by atoms with Crippen molar-refractivity contribution in [1.29, 1.82) is 0 Å². The Labute approximate surface area is 197 Å². The predicted molar refractivity (Wildman–Crippen MR) is 121 cm³/mol. The van der Waals surface area contributed by atoms with E-state index >= 15 is 0 Å². The van der Waals surface area contributed by atoms with Crippen molar-refractivity contribution >= 4 is 35.6 Å². The number of rotatable bonds is 13. The lowest BCUT2D eigenvalue weighted by atomic mass is 10.0. The molecule has 1 saturated heterocycles. The second kappa shape index (κ2) is 13.3. The van der Waals surface area contributed by atoms with Crippen LogP contribution in [0, 0.1) is 5.92 Å². The summed E-state index contributed by atoms with van der Waals surface area (Å²) in [6, 6.07) is -4.59. The second-order valence-electron chi connectivity index (χ2n) is 8.47. The maximum atomic E-state index is 12.9. The molecule has 4 unspecified atom stereocenters. The summed E-state index contributed by atoms with van der Waals surface area (Å²) >= 11 is 0. The second-order valence-corrected chi connectivity index (χ2v) is 8.47. The number of aliphatic imine (C=N–C) groups is 1. The highest BCUT2D eigenvalue weighted by Crippen LogP contribution is 2.20. The Morgan fingerprint density at radius 3 is 2.26 bits per heavy atom. The molecule has 0 aromatic carbocycles. The number of carbonyl (C=O) groups is 5. The first-order chi connectivity index (χ1) is 15.8. The van der Waals surface area contributed by atoms with Gasteiger partial charge in [0.25, 0.3) is 0 Å². The van der Waals surface area contributed by atoms with Crippen LogP contribution in [-0.2, 0) is 24.0 Å². The van der Waals surface area contributed by atoms with Crippen molar-refractivity contribution in [2.75, 3.05) is 13.1 Å². The molecule has 1 aliphatic heterocycles. The van der Waals surface area contributed by atoms with Gasteiger partial charge in [-0.3, -0.25) is 24.2 Å². The zero-order valence-corrected chi connectivity index (χ0v) is 19.4. The van der Waals surface area contributed by atoms with Crippen LogP contribution in [-0.4, -0.2) is 88.0 Å². The monoisotopic (exact) mass is 485 g/mol. The number of likely N-dealkylation sites (tertiary alicyclic amines) is 1. The summed E-state index contributed by atoms with van der Waals surface area (Å²) < 4.78 is 0. The molecule has 1 rings (SSSR count). The number of nitrogens with zero attached hydrogens (tertiary/aromatic N) is 2. The molecule has 1 aliphatic rings. The zero-order chi connectivity index (χ0) is 26.0. The van der Waals surface area contributed by atoms with E-state index in [-0.39, 0.29) is 31.3 Å². The molecule has 0 aliphatic carbocycles. The van der Waals surface area contributed by atoms with Gasteiger partial charge < -0.3 is 42.9 Å². The van der Waals surface area contributed by atoms with Gasteiger partial charge in [-0.25, -0.2) is 4.79 Å². The van der Waals surface area contributed by atoms with Crippen LogP contribution in [0.15, 0.2) is 4.99 Å². The van der Waals surface area contributed by atoms with Crippen LogP contribution in [0.5, 0.6) is 0 Å². The molecule has 14 heteroatoms. The van der Waals surface area contributed by atoms with E-state index in [1.54, 1.807) is 13.8 Å². The zero-order valence-electron chi connectivity index (χ0n) is 19.4. The van der Waals surface area contributed by atoms with Crippen molar-refractivity contribution in [3.05, 3.63) is 0 Å². The Morgan fingerprint density at radius 2 is 1.74 bits per heavy atom. The highest BCUT2D eigenvalue weighted by atomic mass is 16.4. The van der Waals surface area contributed by atoms with E-state index in [4.69, 9.17) is 17.2 Å². The molecule has 0 saturated carbocycles. The van der Waals surface area contributed by atoms with E-state index in [2.05, 4.69) is 15.6 Å². The van der Waals surface area contributed by atoms with Gasteiger partial charge in [-0.1, -0.05) is 13.8 Å². The third kappa shape index (κ3) is 8.84. The molecular formula is C20H35N7O7. The molecule has 0 aromatic rings. The van der Waals surface area contributed by atoms with Crippen LogP contribution in [0.3, 0.4) is 0 Å². The molecule has 0 aromatic heterocycles. The van der Waals surface area contributed by atoms with Crippen LogP contribution >= 0.6 is 0 Å². The molecule has 14 nitrogen and oxygen atoms in total. The maximum absolute atomic E-state index is 12.9. The predicted octanol–water partition coefficient (Wildman–Crippen LogP) is -2.46. The van der Waals surface area contributed by atoms with Gasteiger partial charge in [0, 0.05) is 13.1 Å². The average Bonchev–Trinajstić information content (AvgIpc) is 3.23. The Bertz CT molecular complexity index is 798. The van der Waals surface area contributed by atoms with E-state index in [9.17, 15) is 34.2 Å². The fraction of sp³-hybridized carbons (Fsp3) is 0.700. The van der Waals surface area contributed by atoms with Crippen molar-refractivity contribution in [3.8, 4) is 0 Å². The summed E-state index contributed by atoms with van der Waals surface area (Å²) in [5.41, 5.74) is 16.3. The Morgan fingerprint density at radius 1 is 1.09 bits per heavy atom. The highest BCUT2D eigenvalue weighted by Gasteiger charge is 2.38. The van der Waals surface area contributed by atoms with Gasteiger partial charge in [0.05, 0.1) is 12.5 Å². The number of amides is 3. The molecule has 34 heavy (non-hydrogen) atoms. The molecule has 10 N–H and O–H groups in total. The normalized spacial score (nSPS) is 18.0. The molecule has 3 amide bonds. The largest absolute Gasteiger partial charge is 0.481 e. The van der Waals surface area contributed by atoms with Crippen LogP contribution in [0.25, 0.3) is 0 Å². The first-order valence-electron chi connectivity index (χ1n) is 11.0. The van der Waals surface area contributed by atoms with E-state index in [0.29, 0.717) is 19.4 Å². The van der Waals surface area contributed by atoms with Gasteiger partial charge in [-0.05, 0) is 31.6 Å². The van der Waals surface area contributed by atoms with Gasteiger partial charge in [0.1, 0.15) is 18.1 Å². The van der Waals surface area contributed by atoms with Gasteiger partial charge >= 0.3 is 11.9 Å². The van der Waals surface area contributed by atoms with E-state index in [1.807, 2.05) is 0 Å². The van der Waals surface area contributed by atoms with Crippen molar-refractivity contribution in [1.82, 2.24) is 15.5 Å². The molecule has 0 bridgehead atoms. The van der Waals surface area contributed by atoms with Crippen molar-refractivity contribution < 1.29 is 34.2 Å². The van der Waals surface area contributed by atoms with Crippen molar-refractivity contribution in [3.63, 3.8) is 0 Å². The lowest BCUT2D eigenvalue weighted by Crippen LogP contribution is -2.57. The van der Waals surface area contributed by atoms with Crippen molar-refractivity contribution in [2.24, 2.45) is 28.1 Å². The SMILES string of the molecule is CC(C)C(N)C(=O)N1CCCC1C(=O)NC(CC(=O)O)C(=O)NC(CCCN=C(N)N)C(=O)O. The fourth-order valence-corrected chi connectivity index (χ4v) is 3.46. The van der Waals surface area contributed by atoms with Gasteiger partial charge in [-0.2, -0.15) is 0 Å². The minimum absolute atomic E-state index is 0.0242. The van der Waals surface area contributed by atoms with E-state index < -0.39 is 60.2 Å². The Balaban J connectivity index is 2.89. The van der Waals surface area contributed by atoms with Gasteiger partial charge in [0.15, 0.2) is 5.96 Å². The van der Waals surface area contributed by atoms with Crippen LogP contribution in [0.1, 0.15) is 46.0 Å². The standard InChI is InChI=1S/C20H35N7O7/c1-10(2)15(21)18(32)27-8-4-6-13(27)17(31)26-12(9-14(28)29)16(30)25-11(19(33)34)5-3-7-24-20(22)23/h10-13,15H,3-9,21H2,1-2H3,(H,25,30)(H,26,31)(H,28,29)(H,33,34)(H4,22,23,24). The number of carbonyl (C=O) groups excluding carboxylic acids is 3. The molecule has 1 fully saturated rings. The van der Waals surface area contributed by atoms with Crippen molar-refractivity contribution in [2.45, 2.75) is 70.1 Å². The number of nitrogens with one attached hydrogen (secondary N) is 2. The minimum atomic E-state index is -1.54. The number of aliphatic carboxylic acids is 2. The van der Waals surface area contributed by atoms with Gasteiger partial charge in [0.2, 0.25) is 17.7 Å². The summed E-state index contributed by atoms with van der Waals surface area (Å²) in [5, 5.41) is 23.2. The molecule has 0 radical (unpaired) electrons. The quantitative estimate of drug-likeness (QED) is 0.0823. The first-order valence-corrected chi connectivity index (χ1v) is 11.0. The summed E-state index contributed by atoms with van der Waals surface area (Å²) in [6.45, 7) is 4.00. The number of hydrogen-bond acceptors (Lipinski definition) is 7. The molecule has 192 valence electrons. The van der Waals surface area contributed by atoms with Crippen LogP contribution in [0.4, 0.5) is 0 Å². The summed E-state index contributed by atoms with van der Waals surface area (Å²) in [6.07, 6.45) is 0.307. The maximum Gasteiger partial charge on any atom is 0.326 e. The number of guanidine groups is 1. The smallest absolute Gasteiger partial charge is 0.326 e. The molecule has 0 spiro atoms. The van der Waals surface area contributed by atoms with E-state index in [0.717, 1.165) is 0 Å². The Kier molecular flexibility index (Phi) is 11.2. The third-order valence-electron chi connectivity index (χ3n) is 5.41. The third-order valence-corrected chi connectivity index (χ3v) is 5.41. The first kappa shape index (κ1) is 28.6. The molecular weight excluding hydrogens is 450 g/mol. The highest BCUT2D eigenvalue weighted by molar-refractivity contribution is 5.95. The van der Waals surface area contributed by atoms with Gasteiger partial charge in [-0.15, -0.1) is 0 Å². The summed E-state index contributed by atoms with van der Waals surface area (Å²) in [7, 11) is 0.